The summed E-state index contributed by atoms with van der Waals surface area (Å²) in [7, 11) is 0. The van der Waals surface area contributed by atoms with Crippen molar-refractivity contribution in [2.75, 3.05) is 13.2 Å². The largest absolute Gasteiger partial charge is 0.507 e. The standard InChI is InChI=1S/C17H18O4/c1-12-4-3-5-14(10-12)20-8-9-21-17(19)15-7-6-13(2)11-16(15)18/h3-7,10-11,18H,8-9H2,1-2H3. The molecule has 4 nitrogen and oxygen atoms in total. The molecule has 1 N–H and O–H groups in total. The molecule has 0 unspecified atom stereocenters. The SMILES string of the molecule is Cc1cccc(OCCOC(=O)c2ccc(C)cc2O)c1. The number of ether oxygens (including phenoxy) is 2. The zero-order valence-electron chi connectivity index (χ0n) is 12.1. The lowest BCUT2D eigenvalue weighted by Gasteiger charge is -2.09. The van der Waals surface area contributed by atoms with Crippen LogP contribution in [0.3, 0.4) is 0 Å². The predicted octanol–water partition coefficient (Wildman–Crippen LogP) is 3.24. The number of phenolic OH excluding ortho intramolecular Hbond substituents is 1. The highest BCUT2D eigenvalue weighted by Crippen LogP contribution is 2.19. The first-order valence-corrected chi connectivity index (χ1v) is 6.72. The molecule has 0 aliphatic heterocycles. The molecule has 0 aliphatic rings. The molecule has 0 radical (unpaired) electrons. The van der Waals surface area contributed by atoms with Crippen molar-refractivity contribution in [3.63, 3.8) is 0 Å². The molecule has 2 aromatic carbocycles. The smallest absolute Gasteiger partial charge is 0.342 e. The first kappa shape index (κ1) is 14.9. The van der Waals surface area contributed by atoms with Crippen LogP contribution in [0.15, 0.2) is 42.5 Å². The van der Waals surface area contributed by atoms with Gasteiger partial charge < -0.3 is 14.6 Å². The maximum Gasteiger partial charge on any atom is 0.342 e. The third kappa shape index (κ3) is 4.24. The Bertz CT molecular complexity index is 634. The summed E-state index contributed by atoms with van der Waals surface area (Å²) in [5.41, 5.74) is 2.15. The van der Waals surface area contributed by atoms with E-state index >= 15 is 0 Å². The van der Waals surface area contributed by atoms with E-state index in [1.807, 2.05) is 38.1 Å². The second kappa shape index (κ2) is 6.79. The van der Waals surface area contributed by atoms with Crippen LogP contribution >= 0.6 is 0 Å². The first-order chi connectivity index (χ1) is 10.1. The molecule has 110 valence electrons. The highest BCUT2D eigenvalue weighted by atomic mass is 16.6. The van der Waals surface area contributed by atoms with Crippen LogP contribution < -0.4 is 4.74 Å². The van der Waals surface area contributed by atoms with E-state index in [1.54, 1.807) is 12.1 Å². The molecule has 0 aliphatic carbocycles. The molecule has 4 heteroatoms. The van der Waals surface area contributed by atoms with Gasteiger partial charge in [0.2, 0.25) is 0 Å². The zero-order valence-corrected chi connectivity index (χ0v) is 12.1. The Hall–Kier alpha value is -2.49. The summed E-state index contributed by atoms with van der Waals surface area (Å²) in [5.74, 6) is 0.115. The summed E-state index contributed by atoms with van der Waals surface area (Å²) in [6.07, 6.45) is 0. The predicted molar refractivity (Wildman–Crippen MR) is 79.8 cm³/mol. The molecule has 0 amide bonds. The lowest BCUT2D eigenvalue weighted by Crippen LogP contribution is -2.12. The van der Waals surface area contributed by atoms with E-state index < -0.39 is 5.97 Å². The molecular formula is C17H18O4. The Morgan fingerprint density at radius 3 is 2.52 bits per heavy atom. The van der Waals surface area contributed by atoms with Crippen LogP contribution in [-0.2, 0) is 4.74 Å². The van der Waals surface area contributed by atoms with Crippen LogP contribution in [0.5, 0.6) is 11.5 Å². The quantitative estimate of drug-likeness (QED) is 0.677. The van der Waals surface area contributed by atoms with Gasteiger partial charge in [0, 0.05) is 0 Å². The lowest BCUT2D eigenvalue weighted by atomic mass is 10.1. The number of phenols is 1. The van der Waals surface area contributed by atoms with Gasteiger partial charge in [-0.1, -0.05) is 18.2 Å². The molecular weight excluding hydrogens is 268 g/mol. The van der Waals surface area contributed by atoms with Gasteiger partial charge in [0.1, 0.15) is 30.3 Å². The number of benzene rings is 2. The summed E-state index contributed by atoms with van der Waals surface area (Å²) in [5, 5.41) is 9.69. The zero-order chi connectivity index (χ0) is 15.2. The minimum atomic E-state index is -0.555. The van der Waals surface area contributed by atoms with E-state index in [9.17, 15) is 9.90 Å². The van der Waals surface area contributed by atoms with Gasteiger partial charge in [-0.25, -0.2) is 4.79 Å². The second-order valence-electron chi connectivity index (χ2n) is 4.82. The van der Waals surface area contributed by atoms with Crippen LogP contribution in [0.4, 0.5) is 0 Å². The van der Waals surface area contributed by atoms with E-state index in [0.717, 1.165) is 16.9 Å². The summed E-state index contributed by atoms with van der Waals surface area (Å²) in [4.78, 5) is 11.8. The van der Waals surface area contributed by atoms with Gasteiger partial charge in [0.25, 0.3) is 0 Å². The molecule has 2 aromatic rings. The molecule has 0 bridgehead atoms. The first-order valence-electron chi connectivity index (χ1n) is 6.72. The third-order valence-corrected chi connectivity index (χ3v) is 2.95. The highest BCUT2D eigenvalue weighted by Gasteiger charge is 2.12. The lowest BCUT2D eigenvalue weighted by molar-refractivity contribution is 0.0447. The van der Waals surface area contributed by atoms with Crippen molar-refractivity contribution >= 4 is 5.97 Å². The Morgan fingerprint density at radius 2 is 1.81 bits per heavy atom. The average molecular weight is 286 g/mol. The number of hydrogen-bond donors (Lipinski definition) is 1. The number of carbonyl (C=O) groups is 1. The fraction of sp³-hybridized carbons (Fsp3) is 0.235. The molecule has 0 spiro atoms. The number of rotatable bonds is 5. The Balaban J connectivity index is 1.82. The van der Waals surface area contributed by atoms with E-state index in [-0.39, 0.29) is 24.5 Å². The van der Waals surface area contributed by atoms with Crippen molar-refractivity contribution in [2.24, 2.45) is 0 Å². The summed E-state index contributed by atoms with van der Waals surface area (Å²) in [6.45, 7) is 4.21. The monoisotopic (exact) mass is 286 g/mol. The minimum absolute atomic E-state index is 0.0698. The van der Waals surface area contributed by atoms with Crippen LogP contribution in [0, 0.1) is 13.8 Å². The van der Waals surface area contributed by atoms with Gasteiger partial charge in [-0.15, -0.1) is 0 Å². The summed E-state index contributed by atoms with van der Waals surface area (Å²) < 4.78 is 10.6. The van der Waals surface area contributed by atoms with Crippen molar-refractivity contribution in [3.8, 4) is 11.5 Å². The number of hydrogen-bond acceptors (Lipinski definition) is 4. The average Bonchev–Trinajstić information content (AvgIpc) is 2.43. The van der Waals surface area contributed by atoms with Crippen LogP contribution in [0.1, 0.15) is 21.5 Å². The van der Waals surface area contributed by atoms with E-state index in [4.69, 9.17) is 9.47 Å². The van der Waals surface area contributed by atoms with Crippen LogP contribution in [-0.4, -0.2) is 24.3 Å². The minimum Gasteiger partial charge on any atom is -0.507 e. The second-order valence-corrected chi connectivity index (χ2v) is 4.82. The van der Waals surface area contributed by atoms with Gasteiger partial charge in [-0.3, -0.25) is 0 Å². The van der Waals surface area contributed by atoms with Crippen molar-refractivity contribution in [1.82, 2.24) is 0 Å². The molecule has 0 aromatic heterocycles. The molecule has 2 rings (SSSR count). The number of aryl methyl sites for hydroxylation is 2. The van der Waals surface area contributed by atoms with E-state index in [0.29, 0.717) is 0 Å². The number of carbonyl (C=O) groups excluding carboxylic acids is 1. The van der Waals surface area contributed by atoms with Crippen molar-refractivity contribution in [2.45, 2.75) is 13.8 Å². The molecule has 0 heterocycles. The van der Waals surface area contributed by atoms with Crippen molar-refractivity contribution < 1.29 is 19.4 Å². The topological polar surface area (TPSA) is 55.8 Å². The van der Waals surface area contributed by atoms with Gasteiger partial charge in [0.15, 0.2) is 0 Å². The Labute approximate surface area is 123 Å². The number of esters is 1. The van der Waals surface area contributed by atoms with E-state index in [2.05, 4.69) is 0 Å². The van der Waals surface area contributed by atoms with Gasteiger partial charge in [0.05, 0.1) is 0 Å². The van der Waals surface area contributed by atoms with Gasteiger partial charge >= 0.3 is 5.97 Å². The normalized spacial score (nSPS) is 10.2. The maximum absolute atomic E-state index is 11.8. The Morgan fingerprint density at radius 1 is 1.05 bits per heavy atom. The van der Waals surface area contributed by atoms with Crippen molar-refractivity contribution in [1.29, 1.82) is 0 Å². The van der Waals surface area contributed by atoms with Crippen LogP contribution in [0.2, 0.25) is 0 Å². The third-order valence-electron chi connectivity index (χ3n) is 2.95. The maximum atomic E-state index is 11.8. The molecule has 0 saturated carbocycles. The fourth-order valence-corrected chi connectivity index (χ4v) is 1.89. The van der Waals surface area contributed by atoms with Gasteiger partial charge in [-0.05, 0) is 49.2 Å². The molecule has 0 fully saturated rings. The Kier molecular flexibility index (Phi) is 4.82. The van der Waals surface area contributed by atoms with Gasteiger partial charge in [-0.2, -0.15) is 0 Å². The van der Waals surface area contributed by atoms with Crippen LogP contribution in [0.25, 0.3) is 0 Å². The van der Waals surface area contributed by atoms with E-state index in [1.165, 1.54) is 6.07 Å². The van der Waals surface area contributed by atoms with Crippen molar-refractivity contribution in [3.05, 3.63) is 59.2 Å². The fourth-order valence-electron chi connectivity index (χ4n) is 1.89. The summed E-state index contributed by atoms with van der Waals surface area (Å²) >= 11 is 0. The molecule has 0 atom stereocenters. The number of aromatic hydroxyl groups is 1. The summed E-state index contributed by atoms with van der Waals surface area (Å²) in [6, 6.07) is 12.5. The molecule has 0 saturated heterocycles. The molecule has 21 heavy (non-hydrogen) atoms. The highest BCUT2D eigenvalue weighted by molar-refractivity contribution is 5.92.